The van der Waals surface area contributed by atoms with E-state index in [0.717, 1.165) is 41.2 Å². The number of anilines is 2. The van der Waals surface area contributed by atoms with Gasteiger partial charge in [-0.25, -0.2) is 8.42 Å². The predicted molar refractivity (Wildman–Crippen MR) is 138 cm³/mol. The maximum absolute atomic E-state index is 12.9. The number of hydrogen-bond donors (Lipinski definition) is 0. The van der Waals surface area contributed by atoms with Crippen LogP contribution in [0.4, 0.5) is 11.4 Å². The zero-order valence-corrected chi connectivity index (χ0v) is 21.2. The molecule has 2 aromatic carbocycles. The van der Waals surface area contributed by atoms with Crippen LogP contribution in [0.3, 0.4) is 0 Å². The fourth-order valence-corrected chi connectivity index (χ4v) is 8.61. The Kier molecular flexibility index (Phi) is 6.86. The van der Waals surface area contributed by atoms with Crippen LogP contribution in [0.1, 0.15) is 30.5 Å². The molecule has 0 aliphatic carbocycles. The summed E-state index contributed by atoms with van der Waals surface area (Å²) in [6.45, 7) is 10.1. The van der Waals surface area contributed by atoms with E-state index in [4.69, 9.17) is 0 Å². The minimum absolute atomic E-state index is 0.0903. The van der Waals surface area contributed by atoms with Gasteiger partial charge in [-0.15, -0.1) is 0 Å². The van der Waals surface area contributed by atoms with Gasteiger partial charge >= 0.3 is 0 Å². The highest BCUT2D eigenvalue weighted by Gasteiger charge is 2.49. The van der Waals surface area contributed by atoms with Crippen molar-refractivity contribution in [3.63, 3.8) is 0 Å². The normalized spacial score (nSPS) is 22.5. The molecule has 0 bridgehead atoms. The molecule has 0 unspecified atom stereocenters. The molecule has 0 radical (unpaired) electrons. The van der Waals surface area contributed by atoms with E-state index in [0.29, 0.717) is 5.17 Å². The van der Waals surface area contributed by atoms with Gasteiger partial charge in [0.1, 0.15) is 0 Å². The first-order valence-corrected chi connectivity index (χ1v) is 14.1. The Labute approximate surface area is 201 Å². The molecule has 2 atom stereocenters. The highest BCUT2D eigenvalue weighted by molar-refractivity contribution is 8.16. The van der Waals surface area contributed by atoms with E-state index in [1.54, 1.807) is 0 Å². The highest BCUT2D eigenvalue weighted by Crippen LogP contribution is 2.42. The van der Waals surface area contributed by atoms with Crippen molar-refractivity contribution in [2.75, 3.05) is 34.4 Å². The average molecular weight is 486 g/mol. The number of nitrogens with zero attached hydrogens (tertiary/aromatic N) is 3. The number of amidine groups is 1. The topological polar surface area (TPSA) is 70.0 Å². The number of aliphatic imine (C=N–C) groups is 1. The van der Waals surface area contributed by atoms with Crippen LogP contribution < -0.4 is 9.80 Å². The van der Waals surface area contributed by atoms with Gasteiger partial charge in [-0.05, 0) is 57.0 Å². The largest absolute Gasteiger partial charge is 0.372 e. The van der Waals surface area contributed by atoms with E-state index < -0.39 is 9.84 Å². The molecule has 33 heavy (non-hydrogen) atoms. The van der Waals surface area contributed by atoms with Crippen molar-refractivity contribution in [3.8, 4) is 0 Å². The first-order chi connectivity index (χ1) is 15.7. The summed E-state index contributed by atoms with van der Waals surface area (Å²) in [4.78, 5) is 21.6. The second-order valence-corrected chi connectivity index (χ2v) is 12.1. The predicted octanol–water partition coefficient (Wildman–Crippen LogP) is 3.99. The van der Waals surface area contributed by atoms with E-state index >= 15 is 0 Å². The average Bonchev–Trinajstić information content (AvgIpc) is 3.20. The summed E-state index contributed by atoms with van der Waals surface area (Å²) < 4.78 is 24.8. The summed E-state index contributed by atoms with van der Waals surface area (Å²) in [5.74, 6) is 0.00127. The Morgan fingerprint density at radius 1 is 1.12 bits per heavy atom. The minimum Gasteiger partial charge on any atom is -0.372 e. The van der Waals surface area contributed by atoms with Gasteiger partial charge in [0.05, 0.1) is 24.0 Å². The van der Waals surface area contributed by atoms with Crippen LogP contribution in [0.2, 0.25) is 0 Å². The molecule has 6 nitrogen and oxygen atoms in total. The third-order valence-corrected chi connectivity index (χ3v) is 9.50. The van der Waals surface area contributed by atoms with Gasteiger partial charge in [-0.1, -0.05) is 41.6 Å². The zero-order chi connectivity index (χ0) is 23.8. The number of fused-ring (bicyclic) bond motifs is 1. The molecule has 2 aromatic rings. The standard InChI is InChI=1S/C25H31N3O3S2/c1-5-27(6-2)20-10-11-21(18(4)13-20)28-22-15-33(30,31)16-23(22)32-25(28)26-24(29)14-19-9-7-8-17(3)12-19/h7-13,22-23H,5-6,14-16H2,1-4H3/t22-,23-/m0/s1. The van der Waals surface area contributed by atoms with E-state index in [9.17, 15) is 13.2 Å². The van der Waals surface area contributed by atoms with Crippen LogP contribution in [-0.2, 0) is 21.1 Å². The van der Waals surface area contributed by atoms with Crippen molar-refractivity contribution in [1.82, 2.24) is 0 Å². The maximum atomic E-state index is 12.9. The van der Waals surface area contributed by atoms with Crippen LogP contribution in [0, 0.1) is 13.8 Å². The lowest BCUT2D eigenvalue weighted by Crippen LogP contribution is -2.38. The number of carbonyl (C=O) groups is 1. The first kappa shape index (κ1) is 23.8. The third kappa shape index (κ3) is 5.11. The molecular weight excluding hydrogens is 454 g/mol. The molecule has 2 saturated heterocycles. The van der Waals surface area contributed by atoms with Crippen LogP contribution in [-0.4, -0.2) is 55.4 Å². The summed E-state index contributed by atoms with van der Waals surface area (Å²) >= 11 is 1.42. The number of thioether (sulfide) groups is 1. The number of sulfone groups is 1. The number of carbonyl (C=O) groups excluding carboxylic acids is 1. The van der Waals surface area contributed by atoms with Crippen molar-refractivity contribution < 1.29 is 13.2 Å². The van der Waals surface area contributed by atoms with Crippen molar-refractivity contribution in [2.45, 2.75) is 45.4 Å². The molecule has 0 N–H and O–H groups in total. The SMILES string of the molecule is CCN(CC)c1ccc(N2C(=NC(=O)Cc3cccc(C)c3)S[C@H]3CS(=O)(=O)C[C@@H]32)c(C)c1. The van der Waals surface area contributed by atoms with Crippen molar-refractivity contribution in [2.24, 2.45) is 4.99 Å². The Morgan fingerprint density at radius 2 is 1.88 bits per heavy atom. The lowest BCUT2D eigenvalue weighted by atomic mass is 10.1. The summed E-state index contributed by atoms with van der Waals surface area (Å²) in [6, 6.07) is 13.9. The molecule has 2 aliphatic rings. The van der Waals surface area contributed by atoms with Gasteiger partial charge in [-0.2, -0.15) is 4.99 Å². The smallest absolute Gasteiger partial charge is 0.252 e. The Balaban J connectivity index is 1.67. The zero-order valence-electron chi connectivity index (χ0n) is 19.6. The second kappa shape index (κ2) is 9.50. The minimum atomic E-state index is -3.10. The van der Waals surface area contributed by atoms with Crippen LogP contribution in [0.25, 0.3) is 0 Å². The van der Waals surface area contributed by atoms with Gasteiger partial charge in [0.25, 0.3) is 5.91 Å². The number of hydrogen-bond acceptors (Lipinski definition) is 5. The molecule has 0 spiro atoms. The lowest BCUT2D eigenvalue weighted by Gasteiger charge is -2.28. The summed E-state index contributed by atoms with van der Waals surface area (Å²) in [7, 11) is -3.10. The van der Waals surface area contributed by atoms with E-state index in [2.05, 4.69) is 35.9 Å². The molecule has 4 rings (SSSR count). The fraction of sp³-hybridized carbons (Fsp3) is 0.440. The summed E-state index contributed by atoms with van der Waals surface area (Å²) in [5.41, 5.74) is 5.14. The van der Waals surface area contributed by atoms with Gasteiger partial charge in [0.15, 0.2) is 15.0 Å². The van der Waals surface area contributed by atoms with Crippen molar-refractivity contribution in [1.29, 1.82) is 0 Å². The molecule has 0 saturated carbocycles. The molecule has 176 valence electrons. The maximum Gasteiger partial charge on any atom is 0.252 e. The molecular formula is C25H31N3O3S2. The second-order valence-electron chi connectivity index (χ2n) is 8.77. The molecule has 2 fully saturated rings. The number of rotatable bonds is 6. The van der Waals surface area contributed by atoms with Crippen LogP contribution >= 0.6 is 11.8 Å². The van der Waals surface area contributed by atoms with E-state index in [-0.39, 0.29) is 35.1 Å². The van der Waals surface area contributed by atoms with Crippen molar-refractivity contribution >= 4 is 44.0 Å². The number of aryl methyl sites for hydroxylation is 2. The first-order valence-electron chi connectivity index (χ1n) is 11.4. The lowest BCUT2D eigenvalue weighted by molar-refractivity contribution is -0.117. The van der Waals surface area contributed by atoms with Crippen LogP contribution in [0.15, 0.2) is 47.5 Å². The van der Waals surface area contributed by atoms with Gasteiger partial charge in [0.2, 0.25) is 0 Å². The fourth-order valence-electron chi connectivity index (χ4n) is 4.68. The molecule has 0 aromatic heterocycles. The van der Waals surface area contributed by atoms with Crippen molar-refractivity contribution in [3.05, 3.63) is 59.2 Å². The molecule has 8 heteroatoms. The Morgan fingerprint density at radius 3 is 2.55 bits per heavy atom. The Bertz CT molecular complexity index is 1190. The molecule has 1 amide bonds. The van der Waals surface area contributed by atoms with Gasteiger partial charge in [0, 0.05) is 29.7 Å². The number of benzene rings is 2. The quantitative estimate of drug-likeness (QED) is 0.616. The molecule has 2 heterocycles. The monoisotopic (exact) mass is 485 g/mol. The van der Waals surface area contributed by atoms with Gasteiger partial charge in [-0.3, -0.25) is 4.79 Å². The van der Waals surface area contributed by atoms with Gasteiger partial charge < -0.3 is 9.80 Å². The number of amides is 1. The van der Waals surface area contributed by atoms with E-state index in [1.165, 1.54) is 11.8 Å². The third-order valence-electron chi connectivity index (χ3n) is 6.29. The van der Waals surface area contributed by atoms with Crippen LogP contribution in [0.5, 0.6) is 0 Å². The Hall–Kier alpha value is -2.32. The summed E-state index contributed by atoms with van der Waals surface area (Å²) in [6.07, 6.45) is 0.229. The molecule has 2 aliphatic heterocycles. The van der Waals surface area contributed by atoms with E-state index in [1.807, 2.05) is 49.1 Å². The highest BCUT2D eigenvalue weighted by atomic mass is 32.2. The summed E-state index contributed by atoms with van der Waals surface area (Å²) in [5, 5.41) is 0.499.